The number of benzene rings is 2. The number of hydrogen-bond donors (Lipinski definition) is 4. The minimum absolute atomic E-state index is 0.0173. The van der Waals surface area contributed by atoms with Crippen LogP contribution < -0.4 is 10.7 Å². The molecule has 2 rings (SSSR count). The molecule has 0 aliphatic carbocycles. The first kappa shape index (κ1) is 18.0. The first-order valence-corrected chi connectivity index (χ1v) is 7.64. The lowest BCUT2D eigenvalue weighted by atomic mass is 10.2. The van der Waals surface area contributed by atoms with Gasteiger partial charge in [0, 0.05) is 30.2 Å². The lowest BCUT2D eigenvalue weighted by Crippen LogP contribution is -2.20. The highest BCUT2D eigenvalue weighted by Crippen LogP contribution is 2.20. The van der Waals surface area contributed by atoms with Crippen LogP contribution >= 0.6 is 0 Å². The average Bonchev–Trinajstić information content (AvgIpc) is 2.57. The Bertz CT molecular complexity index is 785. The van der Waals surface area contributed by atoms with Gasteiger partial charge in [-0.3, -0.25) is 9.59 Å². The molecule has 2 aromatic rings. The fraction of sp³-hybridized carbons (Fsp3) is 0.167. The quantitative estimate of drug-likeness (QED) is 0.477. The Morgan fingerprint density at radius 3 is 2.40 bits per heavy atom. The highest BCUT2D eigenvalue weighted by molar-refractivity contribution is 5.93. The zero-order chi connectivity index (χ0) is 18.2. The molecule has 0 spiro atoms. The van der Waals surface area contributed by atoms with E-state index in [0.717, 1.165) is 5.56 Å². The minimum Gasteiger partial charge on any atom is -0.508 e. The molecule has 0 aromatic heterocycles. The van der Waals surface area contributed by atoms with Gasteiger partial charge in [0.15, 0.2) is 0 Å². The van der Waals surface area contributed by atoms with Gasteiger partial charge in [-0.15, -0.1) is 0 Å². The third-order valence-corrected chi connectivity index (χ3v) is 3.32. The number of phenols is 2. The molecule has 0 heterocycles. The number of aryl methyl sites for hydroxylation is 1. The number of nitrogens with one attached hydrogen (secondary N) is 2. The second kappa shape index (κ2) is 8.49. The summed E-state index contributed by atoms with van der Waals surface area (Å²) < 4.78 is 0. The fourth-order valence-electron chi connectivity index (χ4n) is 1.96. The van der Waals surface area contributed by atoms with Gasteiger partial charge in [0.2, 0.25) is 11.8 Å². The third-order valence-electron chi connectivity index (χ3n) is 3.32. The van der Waals surface area contributed by atoms with Crippen molar-refractivity contribution in [3.8, 4) is 11.5 Å². The van der Waals surface area contributed by atoms with E-state index in [1.165, 1.54) is 24.4 Å². The molecule has 2 aromatic carbocycles. The highest BCUT2D eigenvalue weighted by Gasteiger charge is 2.07. The molecular weight excluding hydrogens is 322 g/mol. The van der Waals surface area contributed by atoms with E-state index in [9.17, 15) is 19.8 Å². The van der Waals surface area contributed by atoms with Crippen molar-refractivity contribution in [2.75, 3.05) is 5.32 Å². The molecule has 7 nitrogen and oxygen atoms in total. The number of phenolic OH excluding ortho intramolecular Hbond substituents is 2. The number of amides is 2. The van der Waals surface area contributed by atoms with Crippen molar-refractivity contribution >= 4 is 23.7 Å². The second-order valence-corrected chi connectivity index (χ2v) is 5.45. The predicted octanol–water partition coefficient (Wildman–Crippen LogP) is 2.28. The van der Waals surface area contributed by atoms with Crippen molar-refractivity contribution in [1.29, 1.82) is 0 Å². The zero-order valence-corrected chi connectivity index (χ0v) is 13.7. The Hall–Kier alpha value is -3.35. The molecule has 7 heteroatoms. The zero-order valence-electron chi connectivity index (χ0n) is 13.7. The number of aromatic hydroxyl groups is 2. The van der Waals surface area contributed by atoms with E-state index in [1.807, 2.05) is 19.1 Å². The molecule has 0 radical (unpaired) electrons. The van der Waals surface area contributed by atoms with Gasteiger partial charge in [-0.1, -0.05) is 17.7 Å². The van der Waals surface area contributed by atoms with Crippen molar-refractivity contribution in [3.63, 3.8) is 0 Å². The van der Waals surface area contributed by atoms with Crippen LogP contribution in [0.3, 0.4) is 0 Å². The topological polar surface area (TPSA) is 111 Å². The van der Waals surface area contributed by atoms with E-state index in [0.29, 0.717) is 11.3 Å². The van der Waals surface area contributed by atoms with Crippen LogP contribution in [0.5, 0.6) is 11.5 Å². The minimum atomic E-state index is -0.423. The summed E-state index contributed by atoms with van der Waals surface area (Å²) in [6.45, 7) is 1.95. The summed E-state index contributed by atoms with van der Waals surface area (Å²) in [6.07, 6.45) is 1.26. The molecule has 25 heavy (non-hydrogen) atoms. The van der Waals surface area contributed by atoms with Crippen LogP contribution in [-0.4, -0.2) is 28.2 Å². The number of hydrazone groups is 1. The number of nitrogens with zero attached hydrogens (tertiary/aromatic N) is 1. The van der Waals surface area contributed by atoms with Gasteiger partial charge >= 0.3 is 0 Å². The van der Waals surface area contributed by atoms with Crippen molar-refractivity contribution in [1.82, 2.24) is 5.43 Å². The first-order valence-electron chi connectivity index (χ1n) is 7.64. The van der Waals surface area contributed by atoms with Crippen LogP contribution in [0, 0.1) is 6.92 Å². The molecule has 0 saturated carbocycles. The van der Waals surface area contributed by atoms with Gasteiger partial charge in [-0.05, 0) is 31.2 Å². The lowest BCUT2D eigenvalue weighted by Gasteiger charge is -2.05. The van der Waals surface area contributed by atoms with E-state index in [2.05, 4.69) is 15.8 Å². The number of carbonyl (C=O) groups is 2. The van der Waals surface area contributed by atoms with Crippen molar-refractivity contribution < 1.29 is 19.8 Å². The molecule has 0 aliphatic heterocycles. The Morgan fingerprint density at radius 2 is 1.72 bits per heavy atom. The highest BCUT2D eigenvalue weighted by atomic mass is 16.3. The first-order chi connectivity index (χ1) is 11.9. The molecule has 0 fully saturated rings. The van der Waals surface area contributed by atoms with E-state index >= 15 is 0 Å². The van der Waals surface area contributed by atoms with Gasteiger partial charge in [-0.2, -0.15) is 5.10 Å². The van der Waals surface area contributed by atoms with Crippen LogP contribution in [0.15, 0.2) is 47.6 Å². The maximum Gasteiger partial charge on any atom is 0.240 e. The standard InChI is InChI=1S/C18H19N3O4/c1-12-2-5-14(6-3-12)20-17(24)8-9-18(25)21-19-11-13-4-7-15(22)10-16(13)23/h2-7,10-11,22-23H,8-9H2,1H3,(H,20,24)(H,21,25)/b19-11-. The largest absolute Gasteiger partial charge is 0.508 e. The van der Waals surface area contributed by atoms with E-state index in [1.54, 1.807) is 12.1 Å². The number of carbonyl (C=O) groups excluding carboxylic acids is 2. The third kappa shape index (κ3) is 5.98. The lowest BCUT2D eigenvalue weighted by molar-refractivity contribution is -0.124. The van der Waals surface area contributed by atoms with Gasteiger partial charge in [0.05, 0.1) is 6.21 Å². The van der Waals surface area contributed by atoms with Crippen LogP contribution in [0.25, 0.3) is 0 Å². The monoisotopic (exact) mass is 341 g/mol. The summed E-state index contributed by atoms with van der Waals surface area (Å²) in [5.74, 6) is -0.915. The maximum absolute atomic E-state index is 11.8. The SMILES string of the molecule is Cc1ccc(NC(=O)CCC(=O)N/N=C\c2ccc(O)cc2O)cc1. The van der Waals surface area contributed by atoms with Crippen molar-refractivity contribution in [2.45, 2.75) is 19.8 Å². The molecule has 0 atom stereocenters. The number of anilines is 1. The summed E-state index contributed by atoms with van der Waals surface area (Å²) in [4.78, 5) is 23.5. The molecule has 4 N–H and O–H groups in total. The molecule has 0 unspecified atom stereocenters. The summed E-state index contributed by atoms with van der Waals surface area (Å²) in [6, 6.07) is 11.4. The van der Waals surface area contributed by atoms with E-state index in [-0.39, 0.29) is 30.2 Å². The molecule has 0 bridgehead atoms. The fourth-order valence-corrected chi connectivity index (χ4v) is 1.96. The Morgan fingerprint density at radius 1 is 1.04 bits per heavy atom. The van der Waals surface area contributed by atoms with E-state index < -0.39 is 5.91 Å². The van der Waals surface area contributed by atoms with Gasteiger partial charge < -0.3 is 15.5 Å². The molecule has 130 valence electrons. The van der Waals surface area contributed by atoms with Crippen molar-refractivity contribution in [3.05, 3.63) is 53.6 Å². The molecule has 0 saturated heterocycles. The number of hydrogen-bond acceptors (Lipinski definition) is 5. The molecular formula is C18H19N3O4. The van der Waals surface area contributed by atoms with Gasteiger partial charge in [-0.25, -0.2) is 5.43 Å². The Labute approximate surface area is 145 Å². The van der Waals surface area contributed by atoms with Crippen LogP contribution in [0.1, 0.15) is 24.0 Å². The van der Waals surface area contributed by atoms with Gasteiger partial charge in [0.25, 0.3) is 0 Å². The normalized spacial score (nSPS) is 10.6. The van der Waals surface area contributed by atoms with Crippen LogP contribution in [-0.2, 0) is 9.59 Å². The Balaban J connectivity index is 1.75. The Kier molecular flexibility index (Phi) is 6.11. The van der Waals surface area contributed by atoms with Gasteiger partial charge in [0.1, 0.15) is 11.5 Å². The smallest absolute Gasteiger partial charge is 0.240 e. The molecule has 2 amide bonds. The molecule has 0 aliphatic rings. The van der Waals surface area contributed by atoms with Crippen LogP contribution in [0.4, 0.5) is 5.69 Å². The van der Waals surface area contributed by atoms with Crippen molar-refractivity contribution in [2.24, 2.45) is 5.10 Å². The average molecular weight is 341 g/mol. The number of rotatable bonds is 6. The van der Waals surface area contributed by atoms with E-state index in [4.69, 9.17) is 0 Å². The predicted molar refractivity (Wildman–Crippen MR) is 94.6 cm³/mol. The second-order valence-electron chi connectivity index (χ2n) is 5.45. The summed E-state index contributed by atoms with van der Waals surface area (Å²) in [7, 11) is 0. The maximum atomic E-state index is 11.8. The summed E-state index contributed by atoms with van der Waals surface area (Å²) >= 11 is 0. The summed E-state index contributed by atoms with van der Waals surface area (Å²) in [5.41, 5.74) is 4.39. The van der Waals surface area contributed by atoms with Crippen LogP contribution in [0.2, 0.25) is 0 Å². The summed E-state index contributed by atoms with van der Waals surface area (Å²) in [5, 5.41) is 25.2.